The van der Waals surface area contributed by atoms with Crippen LogP contribution in [0.1, 0.15) is 52.1 Å². The van der Waals surface area contributed by atoms with Gasteiger partial charge in [-0.3, -0.25) is 0 Å². The Hall–Kier alpha value is -1.27. The number of hydrogen-bond donors (Lipinski definition) is 0. The predicted molar refractivity (Wildman–Crippen MR) is 103 cm³/mol. The van der Waals surface area contributed by atoms with E-state index in [9.17, 15) is 4.79 Å². The van der Waals surface area contributed by atoms with Crippen LogP contribution in [0.2, 0.25) is 5.15 Å². The first-order valence-electron chi connectivity index (χ1n) is 9.19. The van der Waals surface area contributed by atoms with Gasteiger partial charge in [0.2, 0.25) is 0 Å². The summed E-state index contributed by atoms with van der Waals surface area (Å²) in [5.74, 6) is 1.35. The molecule has 7 heteroatoms. The molecule has 26 heavy (non-hydrogen) atoms. The number of amides is 1. The first-order valence-corrected chi connectivity index (χ1v) is 10.6. The van der Waals surface area contributed by atoms with Gasteiger partial charge in [-0.1, -0.05) is 17.7 Å². The Morgan fingerprint density at radius 2 is 1.96 bits per heavy atom. The summed E-state index contributed by atoms with van der Waals surface area (Å²) in [5.41, 5.74) is 1.80. The number of halogens is 1. The number of nitrogens with zero attached hydrogens (tertiary/aromatic N) is 3. The highest BCUT2D eigenvalue weighted by atomic mass is 35.5. The number of ether oxygens (including phenoxy) is 1. The zero-order valence-corrected chi connectivity index (χ0v) is 16.9. The van der Waals surface area contributed by atoms with Crippen molar-refractivity contribution in [3.63, 3.8) is 0 Å². The molecule has 3 aliphatic heterocycles. The van der Waals surface area contributed by atoms with Crippen LogP contribution in [0.4, 0.5) is 4.79 Å². The van der Waals surface area contributed by atoms with E-state index < -0.39 is 5.60 Å². The standard InChI is InChI=1S/C19H24ClN3O2S/c1-19(2,3)25-18(24)23-12-4-5-13(23)9-11(8-12)14-6-7-26-15-10-16(20)21-22-17(14)15/h6,10-13H,4-5,7-9H2,1-3H3/t11-,12-,13?/m0/s1. The van der Waals surface area contributed by atoms with E-state index in [1.54, 1.807) is 11.8 Å². The van der Waals surface area contributed by atoms with E-state index >= 15 is 0 Å². The lowest BCUT2D eigenvalue weighted by atomic mass is 9.83. The van der Waals surface area contributed by atoms with Crippen molar-refractivity contribution in [1.29, 1.82) is 0 Å². The molecular weight excluding hydrogens is 370 g/mol. The summed E-state index contributed by atoms with van der Waals surface area (Å²) in [5, 5.41) is 8.87. The molecule has 5 nitrogen and oxygen atoms in total. The molecular formula is C19H24ClN3O2S. The fraction of sp³-hybridized carbons (Fsp3) is 0.632. The van der Waals surface area contributed by atoms with Gasteiger partial charge in [0, 0.05) is 22.7 Å². The van der Waals surface area contributed by atoms with E-state index in [0.717, 1.165) is 42.0 Å². The number of fused-ring (bicyclic) bond motifs is 3. The fourth-order valence-corrected chi connectivity index (χ4v) is 5.53. The molecule has 2 fully saturated rings. The monoisotopic (exact) mass is 393 g/mol. The summed E-state index contributed by atoms with van der Waals surface area (Å²) in [6, 6.07) is 2.42. The van der Waals surface area contributed by atoms with Crippen LogP contribution < -0.4 is 0 Å². The molecule has 2 bridgehead atoms. The molecule has 3 atom stereocenters. The molecule has 2 saturated heterocycles. The topological polar surface area (TPSA) is 55.3 Å². The molecule has 0 radical (unpaired) electrons. The Labute approximate surface area is 163 Å². The highest BCUT2D eigenvalue weighted by molar-refractivity contribution is 7.99. The molecule has 140 valence electrons. The Morgan fingerprint density at radius 3 is 2.62 bits per heavy atom. The fourth-order valence-electron chi connectivity index (χ4n) is 4.38. The third kappa shape index (κ3) is 3.46. The molecule has 1 aromatic heterocycles. The van der Waals surface area contributed by atoms with Crippen molar-refractivity contribution in [2.75, 3.05) is 5.75 Å². The zero-order chi connectivity index (χ0) is 18.5. The number of piperidine rings is 1. The maximum Gasteiger partial charge on any atom is 0.410 e. The number of rotatable bonds is 1. The van der Waals surface area contributed by atoms with Crippen LogP contribution in [0.25, 0.3) is 5.57 Å². The summed E-state index contributed by atoms with van der Waals surface area (Å²) >= 11 is 7.76. The third-order valence-electron chi connectivity index (χ3n) is 5.32. The maximum absolute atomic E-state index is 12.6. The second kappa shape index (κ2) is 6.71. The number of carbonyl (C=O) groups is 1. The van der Waals surface area contributed by atoms with Gasteiger partial charge in [-0.15, -0.1) is 22.0 Å². The number of hydrogen-bond acceptors (Lipinski definition) is 5. The van der Waals surface area contributed by atoms with Crippen LogP contribution >= 0.6 is 23.4 Å². The first kappa shape index (κ1) is 18.1. The van der Waals surface area contributed by atoms with Crippen molar-refractivity contribution < 1.29 is 9.53 Å². The predicted octanol–water partition coefficient (Wildman–Crippen LogP) is 4.80. The second-order valence-corrected chi connectivity index (χ2v) is 9.74. The van der Waals surface area contributed by atoms with Gasteiger partial charge in [0.05, 0.1) is 0 Å². The molecule has 0 spiro atoms. The van der Waals surface area contributed by atoms with Crippen molar-refractivity contribution in [2.45, 2.75) is 69.0 Å². The van der Waals surface area contributed by atoms with Gasteiger partial charge in [0.25, 0.3) is 0 Å². The summed E-state index contributed by atoms with van der Waals surface area (Å²) in [4.78, 5) is 15.8. The minimum absolute atomic E-state index is 0.163. The van der Waals surface area contributed by atoms with Crippen molar-refractivity contribution in [3.8, 4) is 0 Å². The van der Waals surface area contributed by atoms with Gasteiger partial charge in [0.1, 0.15) is 11.3 Å². The number of aromatic nitrogens is 2. The number of carbonyl (C=O) groups excluding carboxylic acids is 1. The summed E-state index contributed by atoms with van der Waals surface area (Å²) in [6.07, 6.45) is 6.17. The SMILES string of the molecule is CC(C)(C)OC(=O)N1C2CC[C@H]1C[C@H](C1=CCSc3cc(Cl)nnc31)C2. The number of thioether (sulfide) groups is 1. The van der Waals surface area contributed by atoms with Crippen molar-refractivity contribution in [1.82, 2.24) is 15.1 Å². The summed E-state index contributed by atoms with van der Waals surface area (Å²) in [7, 11) is 0. The minimum Gasteiger partial charge on any atom is -0.444 e. The molecule has 1 aromatic rings. The molecule has 4 rings (SSSR count). The van der Waals surface area contributed by atoms with Crippen molar-refractivity contribution >= 4 is 35.0 Å². The average Bonchev–Trinajstić information content (AvgIpc) is 2.83. The first-order chi connectivity index (χ1) is 12.3. The Morgan fingerprint density at radius 1 is 1.27 bits per heavy atom. The highest BCUT2D eigenvalue weighted by Gasteiger charge is 2.46. The normalized spacial score (nSPS) is 27.8. The molecule has 1 amide bonds. The van der Waals surface area contributed by atoms with E-state index in [4.69, 9.17) is 16.3 Å². The molecule has 1 unspecified atom stereocenters. The van der Waals surface area contributed by atoms with Gasteiger partial charge in [0.15, 0.2) is 5.15 Å². The molecule has 3 aliphatic rings. The van der Waals surface area contributed by atoms with E-state index in [1.807, 2.05) is 31.7 Å². The number of allylic oxidation sites excluding steroid dienone is 1. The van der Waals surface area contributed by atoms with Crippen LogP contribution in [-0.4, -0.2) is 44.6 Å². The van der Waals surface area contributed by atoms with Gasteiger partial charge in [-0.05, 0) is 64.0 Å². The molecule has 0 N–H and O–H groups in total. The molecule has 0 aromatic carbocycles. The largest absolute Gasteiger partial charge is 0.444 e. The highest BCUT2D eigenvalue weighted by Crippen LogP contribution is 2.46. The Bertz CT molecular complexity index is 748. The summed E-state index contributed by atoms with van der Waals surface area (Å²) in [6.45, 7) is 5.76. The van der Waals surface area contributed by atoms with Gasteiger partial charge in [-0.2, -0.15) is 0 Å². The van der Waals surface area contributed by atoms with Crippen LogP contribution in [0.5, 0.6) is 0 Å². The Balaban J connectivity index is 1.53. The van der Waals surface area contributed by atoms with E-state index in [2.05, 4.69) is 16.3 Å². The van der Waals surface area contributed by atoms with Gasteiger partial charge >= 0.3 is 6.09 Å². The minimum atomic E-state index is -0.454. The van der Waals surface area contributed by atoms with Crippen LogP contribution in [0, 0.1) is 5.92 Å². The van der Waals surface area contributed by atoms with E-state index in [-0.39, 0.29) is 18.2 Å². The second-order valence-electron chi connectivity index (χ2n) is 8.29. The van der Waals surface area contributed by atoms with Crippen molar-refractivity contribution in [3.05, 3.63) is 23.0 Å². The lowest BCUT2D eigenvalue weighted by Crippen LogP contribution is -2.48. The quantitative estimate of drug-likeness (QED) is 0.686. The van der Waals surface area contributed by atoms with E-state index in [1.165, 1.54) is 5.57 Å². The summed E-state index contributed by atoms with van der Waals surface area (Å²) < 4.78 is 5.64. The van der Waals surface area contributed by atoms with Gasteiger partial charge in [-0.25, -0.2) is 4.79 Å². The Kier molecular flexibility index (Phi) is 4.68. The van der Waals surface area contributed by atoms with Gasteiger partial charge < -0.3 is 9.64 Å². The van der Waals surface area contributed by atoms with E-state index in [0.29, 0.717) is 11.1 Å². The van der Waals surface area contributed by atoms with Crippen LogP contribution in [0.15, 0.2) is 17.0 Å². The van der Waals surface area contributed by atoms with Crippen molar-refractivity contribution in [2.24, 2.45) is 5.92 Å². The zero-order valence-electron chi connectivity index (χ0n) is 15.4. The molecule has 0 saturated carbocycles. The maximum atomic E-state index is 12.6. The lowest BCUT2D eigenvalue weighted by molar-refractivity contribution is 0.00490. The van der Waals surface area contributed by atoms with Crippen LogP contribution in [-0.2, 0) is 4.74 Å². The molecule has 4 heterocycles. The molecule has 0 aliphatic carbocycles. The third-order valence-corrected chi connectivity index (χ3v) is 6.46. The van der Waals surface area contributed by atoms with Crippen LogP contribution in [0.3, 0.4) is 0 Å². The average molecular weight is 394 g/mol. The lowest BCUT2D eigenvalue weighted by Gasteiger charge is -2.40. The smallest absolute Gasteiger partial charge is 0.410 e.